The number of fused-ring (bicyclic) bond motifs is 1. The molecule has 1 aromatic carbocycles. The van der Waals surface area contributed by atoms with Crippen LogP contribution in [0.4, 0.5) is 16.3 Å². The monoisotopic (exact) mass is 267 g/mol. The number of hydrogen-bond acceptors (Lipinski definition) is 5. The van der Waals surface area contributed by atoms with E-state index < -0.39 is 6.03 Å². The predicted octanol–water partition coefficient (Wildman–Crippen LogP) is 2.44. The maximum absolute atomic E-state index is 11.6. The molecule has 0 aliphatic rings. The first-order valence-electron chi connectivity index (χ1n) is 5.76. The molecule has 0 atom stereocenters. The van der Waals surface area contributed by atoms with Crippen molar-refractivity contribution in [2.75, 3.05) is 5.32 Å². The average Bonchev–Trinajstić information content (AvgIpc) is 2.93. The summed E-state index contributed by atoms with van der Waals surface area (Å²) in [5.41, 5.74) is 1.25. The summed E-state index contributed by atoms with van der Waals surface area (Å²) >= 11 is 0. The van der Waals surface area contributed by atoms with Crippen molar-refractivity contribution in [3.8, 4) is 0 Å². The van der Waals surface area contributed by atoms with Crippen LogP contribution in [0.1, 0.15) is 0 Å². The van der Waals surface area contributed by atoms with Crippen molar-refractivity contribution in [1.29, 1.82) is 0 Å². The Hall–Kier alpha value is -3.16. The Morgan fingerprint density at radius 3 is 2.85 bits per heavy atom. The number of aromatic nitrogens is 4. The normalized spacial score (nSPS) is 11.0. The molecule has 20 heavy (non-hydrogen) atoms. The second-order valence-corrected chi connectivity index (χ2v) is 3.82. The second-order valence-electron chi connectivity index (χ2n) is 3.82. The molecule has 3 rings (SSSR count). The number of benzene rings is 1. The highest BCUT2D eigenvalue weighted by atomic mass is 16.2. The van der Waals surface area contributed by atoms with Crippen LogP contribution in [-0.2, 0) is 0 Å². The van der Waals surface area contributed by atoms with Gasteiger partial charge >= 0.3 is 6.03 Å². The number of nitrogens with one attached hydrogen (secondary N) is 1. The topological polar surface area (TPSA) is 96.9 Å². The lowest BCUT2D eigenvalue weighted by atomic mass is 10.3. The summed E-state index contributed by atoms with van der Waals surface area (Å²) in [4.78, 5) is 11.6. The molecule has 8 nitrogen and oxygen atoms in total. The molecular formula is C12H9N7O. The van der Waals surface area contributed by atoms with Gasteiger partial charge in [0, 0.05) is 5.69 Å². The van der Waals surface area contributed by atoms with E-state index in [2.05, 4.69) is 30.8 Å². The van der Waals surface area contributed by atoms with Gasteiger partial charge in [-0.15, -0.1) is 20.4 Å². The number of amides is 2. The van der Waals surface area contributed by atoms with E-state index in [9.17, 15) is 4.79 Å². The van der Waals surface area contributed by atoms with E-state index >= 15 is 0 Å². The third-order valence-corrected chi connectivity index (χ3v) is 2.42. The van der Waals surface area contributed by atoms with Gasteiger partial charge in [0.05, 0.1) is 0 Å². The first kappa shape index (κ1) is 11.9. The molecule has 1 N–H and O–H groups in total. The minimum atomic E-state index is -0.568. The molecule has 2 amide bonds. The highest BCUT2D eigenvalue weighted by Gasteiger charge is 2.01. The van der Waals surface area contributed by atoms with Crippen molar-refractivity contribution in [2.24, 2.45) is 10.2 Å². The highest BCUT2D eigenvalue weighted by molar-refractivity contribution is 5.89. The number of hydrogen-bond donors (Lipinski definition) is 1. The lowest BCUT2D eigenvalue weighted by Crippen LogP contribution is -2.04. The molecule has 0 aliphatic carbocycles. The first-order valence-corrected chi connectivity index (χ1v) is 5.76. The number of anilines is 1. The number of azo groups is 1. The molecule has 0 saturated heterocycles. The maximum atomic E-state index is 11.6. The standard InChI is InChI=1S/C12H9N7O/c20-12(14-9-4-2-1-3-5-9)17-15-10-6-7-11-16-13-8-19(11)18-10/h1-8H,(H,14,20). The van der Waals surface area contributed by atoms with E-state index in [1.807, 2.05) is 18.2 Å². The lowest BCUT2D eigenvalue weighted by Gasteiger charge is -1.98. The number of carbonyl (C=O) groups is 1. The fraction of sp³-hybridized carbons (Fsp3) is 0. The Bertz CT molecular complexity index is 766. The lowest BCUT2D eigenvalue weighted by molar-refractivity contribution is 0.258. The second kappa shape index (κ2) is 5.22. The molecule has 2 heterocycles. The molecule has 0 spiro atoms. The zero-order valence-electron chi connectivity index (χ0n) is 10.2. The first-order chi connectivity index (χ1) is 9.81. The average molecular weight is 267 g/mol. The van der Waals surface area contributed by atoms with Crippen LogP contribution in [0.2, 0.25) is 0 Å². The largest absolute Gasteiger partial charge is 0.364 e. The van der Waals surface area contributed by atoms with Crippen molar-refractivity contribution in [3.63, 3.8) is 0 Å². The molecule has 3 aromatic rings. The summed E-state index contributed by atoms with van der Waals surface area (Å²) in [6.07, 6.45) is 1.44. The van der Waals surface area contributed by atoms with Gasteiger partial charge in [-0.2, -0.15) is 4.52 Å². The van der Waals surface area contributed by atoms with Gasteiger partial charge in [-0.25, -0.2) is 4.79 Å². The third-order valence-electron chi connectivity index (χ3n) is 2.42. The smallest absolute Gasteiger partial charge is 0.305 e. The van der Waals surface area contributed by atoms with Gasteiger partial charge in [-0.1, -0.05) is 23.3 Å². The van der Waals surface area contributed by atoms with Gasteiger partial charge in [0.25, 0.3) is 0 Å². The Kier molecular flexibility index (Phi) is 3.11. The van der Waals surface area contributed by atoms with E-state index in [1.165, 1.54) is 10.8 Å². The predicted molar refractivity (Wildman–Crippen MR) is 70.8 cm³/mol. The van der Waals surface area contributed by atoms with Gasteiger partial charge in [0.15, 0.2) is 11.5 Å². The van der Waals surface area contributed by atoms with Crippen LogP contribution in [0, 0.1) is 0 Å². The van der Waals surface area contributed by atoms with Crippen LogP contribution >= 0.6 is 0 Å². The molecule has 0 bridgehead atoms. The van der Waals surface area contributed by atoms with Crippen LogP contribution in [0.15, 0.2) is 59.0 Å². The van der Waals surface area contributed by atoms with Gasteiger partial charge in [-0.05, 0) is 24.3 Å². The molecular weight excluding hydrogens is 258 g/mol. The molecule has 8 heteroatoms. The van der Waals surface area contributed by atoms with Crippen molar-refractivity contribution >= 4 is 23.2 Å². The number of rotatable bonds is 2. The van der Waals surface area contributed by atoms with E-state index in [0.717, 1.165) is 0 Å². The van der Waals surface area contributed by atoms with E-state index in [4.69, 9.17) is 0 Å². The summed E-state index contributed by atoms with van der Waals surface area (Å²) < 4.78 is 1.45. The van der Waals surface area contributed by atoms with Crippen molar-refractivity contribution in [1.82, 2.24) is 19.8 Å². The van der Waals surface area contributed by atoms with E-state index in [0.29, 0.717) is 17.2 Å². The van der Waals surface area contributed by atoms with Gasteiger partial charge in [-0.3, -0.25) is 0 Å². The number of para-hydroxylation sites is 1. The van der Waals surface area contributed by atoms with Crippen LogP contribution in [0.3, 0.4) is 0 Å². The molecule has 0 saturated carbocycles. The fourth-order valence-corrected chi connectivity index (χ4v) is 1.54. The minimum Gasteiger partial charge on any atom is -0.305 e. The van der Waals surface area contributed by atoms with Crippen molar-refractivity contribution in [3.05, 3.63) is 48.8 Å². The maximum Gasteiger partial charge on any atom is 0.364 e. The summed E-state index contributed by atoms with van der Waals surface area (Å²) in [6.45, 7) is 0. The SMILES string of the molecule is O=C(N=Nc1ccc2nncn2n1)Nc1ccccc1. The minimum absolute atomic E-state index is 0.292. The molecule has 98 valence electrons. The molecule has 0 fully saturated rings. The third kappa shape index (κ3) is 2.64. The zero-order chi connectivity index (χ0) is 13.8. The Morgan fingerprint density at radius 1 is 1.15 bits per heavy atom. The van der Waals surface area contributed by atoms with E-state index in [1.54, 1.807) is 24.3 Å². The number of urea groups is 1. The fourth-order valence-electron chi connectivity index (χ4n) is 1.54. The van der Waals surface area contributed by atoms with Crippen LogP contribution in [0.25, 0.3) is 5.65 Å². The quantitative estimate of drug-likeness (QED) is 0.721. The summed E-state index contributed by atoms with van der Waals surface area (Å²) in [5, 5.41) is 21.5. The summed E-state index contributed by atoms with van der Waals surface area (Å²) in [7, 11) is 0. The highest BCUT2D eigenvalue weighted by Crippen LogP contribution is 2.10. The van der Waals surface area contributed by atoms with Crippen LogP contribution in [0.5, 0.6) is 0 Å². The van der Waals surface area contributed by atoms with Crippen molar-refractivity contribution in [2.45, 2.75) is 0 Å². The Labute approximate surface area is 113 Å². The van der Waals surface area contributed by atoms with E-state index in [-0.39, 0.29) is 0 Å². The molecule has 0 radical (unpaired) electrons. The van der Waals surface area contributed by atoms with Gasteiger partial charge in [0.1, 0.15) is 6.33 Å². The van der Waals surface area contributed by atoms with Gasteiger partial charge < -0.3 is 5.32 Å². The number of carbonyl (C=O) groups excluding carboxylic acids is 1. The Morgan fingerprint density at radius 2 is 2.00 bits per heavy atom. The van der Waals surface area contributed by atoms with Gasteiger partial charge in [0.2, 0.25) is 0 Å². The summed E-state index contributed by atoms with van der Waals surface area (Å²) in [5.74, 6) is 0.292. The van der Waals surface area contributed by atoms with Crippen molar-refractivity contribution < 1.29 is 4.79 Å². The van der Waals surface area contributed by atoms with Crippen LogP contribution < -0.4 is 5.32 Å². The molecule has 2 aromatic heterocycles. The zero-order valence-corrected chi connectivity index (χ0v) is 10.2. The van der Waals surface area contributed by atoms with Crippen LogP contribution in [-0.4, -0.2) is 25.8 Å². The number of nitrogens with zero attached hydrogens (tertiary/aromatic N) is 6. The Balaban J connectivity index is 1.71. The molecule has 0 aliphatic heterocycles. The summed E-state index contributed by atoms with van der Waals surface area (Å²) in [6, 6.07) is 11.7. The molecule has 0 unspecified atom stereocenters.